The number of ether oxygens (including phenoxy) is 1. The van der Waals surface area contributed by atoms with Crippen LogP contribution in [0.25, 0.3) is 10.9 Å². The van der Waals surface area contributed by atoms with Gasteiger partial charge < -0.3 is 14.2 Å². The number of rotatable bonds is 7. The van der Waals surface area contributed by atoms with E-state index >= 15 is 0 Å². The Bertz CT molecular complexity index is 1360. The lowest BCUT2D eigenvalue weighted by molar-refractivity contribution is 0.155. The van der Waals surface area contributed by atoms with Crippen molar-refractivity contribution in [1.29, 1.82) is 0 Å². The molecule has 0 N–H and O–H groups in total. The number of fused-ring (bicyclic) bond motifs is 1. The second kappa shape index (κ2) is 10.2. The van der Waals surface area contributed by atoms with E-state index in [0.717, 1.165) is 60.5 Å². The summed E-state index contributed by atoms with van der Waals surface area (Å²) in [5.74, 6) is 1.51. The van der Waals surface area contributed by atoms with Crippen LogP contribution in [0.4, 0.5) is 5.82 Å². The summed E-state index contributed by atoms with van der Waals surface area (Å²) in [7, 11) is 3.67. The van der Waals surface area contributed by atoms with Crippen LogP contribution in [0.15, 0.2) is 72.0 Å². The fourth-order valence-electron chi connectivity index (χ4n) is 4.94. The van der Waals surface area contributed by atoms with Gasteiger partial charge in [-0.05, 0) is 36.6 Å². The third-order valence-corrected chi connectivity index (χ3v) is 6.80. The Balaban J connectivity index is 1.48. The zero-order valence-corrected chi connectivity index (χ0v) is 20.2. The highest BCUT2D eigenvalue weighted by molar-refractivity contribution is 5.79. The van der Waals surface area contributed by atoms with Crippen LogP contribution in [0.3, 0.4) is 0 Å². The van der Waals surface area contributed by atoms with E-state index in [2.05, 4.69) is 29.3 Å². The van der Waals surface area contributed by atoms with E-state index in [1.54, 1.807) is 31.8 Å². The fourth-order valence-corrected chi connectivity index (χ4v) is 4.94. The van der Waals surface area contributed by atoms with Crippen LogP contribution >= 0.6 is 0 Å². The molecule has 0 amide bonds. The molecule has 5 rings (SSSR count). The Morgan fingerprint density at radius 2 is 1.97 bits per heavy atom. The molecular weight excluding hydrogens is 440 g/mol. The van der Waals surface area contributed by atoms with Crippen LogP contribution in [0, 0.1) is 0 Å². The molecule has 1 aromatic carbocycles. The van der Waals surface area contributed by atoms with Gasteiger partial charge in [-0.15, -0.1) is 0 Å². The smallest absolute Gasteiger partial charge is 0.213 e. The largest absolute Gasteiger partial charge is 0.481 e. The van der Waals surface area contributed by atoms with E-state index in [1.807, 2.05) is 49.6 Å². The molecule has 0 saturated carbocycles. The Hall–Kier alpha value is -3.78. The summed E-state index contributed by atoms with van der Waals surface area (Å²) in [6.07, 6.45) is 9.19. The molecule has 4 heterocycles. The van der Waals surface area contributed by atoms with Crippen LogP contribution in [-0.4, -0.2) is 50.7 Å². The van der Waals surface area contributed by atoms with Gasteiger partial charge >= 0.3 is 0 Å². The number of pyridine rings is 2. The molecule has 0 bridgehead atoms. The van der Waals surface area contributed by atoms with Gasteiger partial charge in [-0.2, -0.15) is 0 Å². The Kier molecular flexibility index (Phi) is 6.72. The van der Waals surface area contributed by atoms with Crippen LogP contribution in [0.5, 0.6) is 5.88 Å². The van der Waals surface area contributed by atoms with Gasteiger partial charge in [0.2, 0.25) is 5.88 Å². The van der Waals surface area contributed by atoms with Crippen molar-refractivity contribution < 1.29 is 4.74 Å². The molecule has 3 aromatic heterocycles. The van der Waals surface area contributed by atoms with Gasteiger partial charge in [0.15, 0.2) is 5.43 Å². The molecule has 8 heteroatoms. The first kappa shape index (κ1) is 23.0. The molecule has 1 fully saturated rings. The zero-order chi connectivity index (χ0) is 24.2. The van der Waals surface area contributed by atoms with E-state index in [1.165, 1.54) is 0 Å². The third kappa shape index (κ3) is 5.02. The highest BCUT2D eigenvalue weighted by Gasteiger charge is 2.27. The number of anilines is 1. The number of benzene rings is 1. The molecule has 0 radical (unpaired) electrons. The number of aryl methyl sites for hydroxylation is 1. The fraction of sp³-hybridized carbons (Fsp3) is 0.333. The molecule has 1 atom stereocenters. The monoisotopic (exact) mass is 470 g/mol. The topological polar surface area (TPSA) is 76.4 Å². The Morgan fingerprint density at radius 3 is 2.80 bits per heavy atom. The quantitative estimate of drug-likeness (QED) is 0.410. The number of hydrogen-bond donors (Lipinski definition) is 0. The number of aromatic nitrogens is 4. The maximum atomic E-state index is 12.9. The zero-order valence-electron chi connectivity index (χ0n) is 20.2. The van der Waals surface area contributed by atoms with Crippen LogP contribution in [-0.2, 0) is 20.1 Å². The predicted octanol–water partition coefficient (Wildman–Crippen LogP) is 3.40. The van der Waals surface area contributed by atoms with E-state index in [4.69, 9.17) is 4.74 Å². The highest BCUT2D eigenvalue weighted by Crippen LogP contribution is 2.24. The van der Waals surface area contributed by atoms with Crippen molar-refractivity contribution in [2.24, 2.45) is 7.05 Å². The van der Waals surface area contributed by atoms with Crippen molar-refractivity contribution in [1.82, 2.24) is 24.4 Å². The molecule has 0 aliphatic carbocycles. The number of hydrogen-bond acceptors (Lipinski definition) is 7. The summed E-state index contributed by atoms with van der Waals surface area (Å²) in [5, 5.41) is 0.746. The first-order chi connectivity index (χ1) is 17.1. The molecule has 8 nitrogen and oxygen atoms in total. The number of piperidine rings is 1. The first-order valence-corrected chi connectivity index (χ1v) is 11.9. The lowest BCUT2D eigenvalue weighted by Gasteiger charge is -2.40. The van der Waals surface area contributed by atoms with Crippen LogP contribution < -0.4 is 15.1 Å². The van der Waals surface area contributed by atoms with E-state index in [0.29, 0.717) is 12.4 Å². The minimum atomic E-state index is 0.0593. The maximum Gasteiger partial charge on any atom is 0.213 e. The molecular formula is C27H30N6O2. The van der Waals surface area contributed by atoms with Crippen molar-refractivity contribution in [3.05, 3.63) is 88.7 Å². The van der Waals surface area contributed by atoms with Crippen molar-refractivity contribution in [3.63, 3.8) is 0 Å². The summed E-state index contributed by atoms with van der Waals surface area (Å²) in [6.45, 7) is 3.18. The molecule has 1 aliphatic rings. The minimum absolute atomic E-state index is 0.0593. The standard InChI is InChI=1S/C27H30N6O2/c1-31-22(15-25(34)23-7-3-4-8-24(23)31)19-33(17-20-9-10-30-27(14-20)35-2)21-6-5-13-32(18-21)26-16-28-11-12-29-26/h3-4,7-12,14-16,21H,5-6,13,17-19H2,1-2H3. The molecule has 35 heavy (non-hydrogen) atoms. The van der Waals surface area contributed by atoms with Gasteiger partial charge in [0.1, 0.15) is 5.82 Å². The molecule has 4 aromatic rings. The minimum Gasteiger partial charge on any atom is -0.481 e. The van der Waals surface area contributed by atoms with Crippen molar-refractivity contribution in [2.75, 3.05) is 25.1 Å². The summed E-state index contributed by atoms with van der Waals surface area (Å²) in [4.78, 5) is 30.7. The molecule has 1 saturated heterocycles. The molecule has 180 valence electrons. The van der Waals surface area contributed by atoms with Crippen molar-refractivity contribution in [3.8, 4) is 5.88 Å². The summed E-state index contributed by atoms with van der Waals surface area (Å²) < 4.78 is 7.50. The Morgan fingerprint density at radius 1 is 1.09 bits per heavy atom. The second-order valence-corrected chi connectivity index (χ2v) is 8.99. The SMILES string of the molecule is COc1cc(CN(Cc2cc(=O)c3ccccc3n2C)C2CCCN(c3cnccn3)C2)ccn1. The summed E-state index contributed by atoms with van der Waals surface area (Å²) in [6, 6.07) is 13.9. The number of nitrogens with zero attached hydrogens (tertiary/aromatic N) is 6. The molecule has 0 spiro atoms. The van der Waals surface area contributed by atoms with Crippen molar-refractivity contribution in [2.45, 2.75) is 32.0 Å². The van der Waals surface area contributed by atoms with E-state index in [-0.39, 0.29) is 11.5 Å². The van der Waals surface area contributed by atoms with Crippen molar-refractivity contribution >= 4 is 16.7 Å². The van der Waals surface area contributed by atoms with Gasteiger partial charge in [-0.25, -0.2) is 9.97 Å². The first-order valence-electron chi connectivity index (χ1n) is 11.9. The highest BCUT2D eigenvalue weighted by atomic mass is 16.5. The lowest BCUT2D eigenvalue weighted by Crippen LogP contribution is -2.48. The van der Waals surface area contributed by atoms with Gasteiger partial charge in [0.25, 0.3) is 0 Å². The van der Waals surface area contributed by atoms with E-state index in [9.17, 15) is 4.79 Å². The molecule has 1 aliphatic heterocycles. The maximum absolute atomic E-state index is 12.9. The molecule has 1 unspecified atom stereocenters. The second-order valence-electron chi connectivity index (χ2n) is 8.99. The van der Waals surface area contributed by atoms with Crippen LogP contribution in [0.1, 0.15) is 24.1 Å². The van der Waals surface area contributed by atoms with Gasteiger partial charge in [0.05, 0.1) is 18.8 Å². The average molecular weight is 471 g/mol. The number of methoxy groups -OCH3 is 1. The average Bonchev–Trinajstić information content (AvgIpc) is 2.92. The lowest BCUT2D eigenvalue weighted by atomic mass is 10.0. The predicted molar refractivity (Wildman–Crippen MR) is 136 cm³/mol. The normalized spacial score (nSPS) is 16.1. The number of para-hydroxylation sites is 1. The summed E-state index contributed by atoms with van der Waals surface area (Å²) in [5.41, 5.74) is 3.13. The van der Waals surface area contributed by atoms with Gasteiger partial charge in [-0.3, -0.25) is 14.7 Å². The summed E-state index contributed by atoms with van der Waals surface area (Å²) >= 11 is 0. The van der Waals surface area contributed by atoms with Gasteiger partial charge in [-0.1, -0.05) is 12.1 Å². The Labute approximate surface area is 204 Å². The van der Waals surface area contributed by atoms with E-state index < -0.39 is 0 Å². The van der Waals surface area contributed by atoms with Gasteiger partial charge in [0, 0.05) is 81.1 Å². The van der Waals surface area contributed by atoms with Crippen LogP contribution in [0.2, 0.25) is 0 Å². The third-order valence-electron chi connectivity index (χ3n) is 6.80.